The Balaban J connectivity index is 2.97. The summed E-state index contributed by atoms with van der Waals surface area (Å²) in [5.41, 5.74) is 0. The zero-order valence-corrected chi connectivity index (χ0v) is 6.32. The third-order valence-corrected chi connectivity index (χ3v) is 1.50. The summed E-state index contributed by atoms with van der Waals surface area (Å²) in [6.07, 6.45) is 0.754. The first-order valence-electron chi connectivity index (χ1n) is 2.79. The van der Waals surface area contributed by atoms with Crippen LogP contribution in [0.1, 0.15) is 6.92 Å². The molecule has 0 fully saturated rings. The Hall–Kier alpha value is 0.0600. The minimum Gasteiger partial charge on any atom is -0.306 e. The Labute approximate surface area is 52.1 Å². The van der Waals surface area contributed by atoms with E-state index in [1.807, 2.05) is 7.05 Å². The molecule has 0 aliphatic heterocycles. The van der Waals surface area contributed by atoms with Crippen LogP contribution < -0.4 is 0 Å². The van der Waals surface area contributed by atoms with E-state index in [2.05, 4.69) is 11.8 Å². The van der Waals surface area contributed by atoms with Gasteiger partial charge in [0.05, 0.1) is 0 Å². The maximum Gasteiger partial charge on any atom is 0.156 e. The van der Waals surface area contributed by atoms with Gasteiger partial charge in [0, 0.05) is 12.7 Å². The lowest BCUT2D eigenvalue weighted by Crippen LogP contribution is -2.19. The largest absolute Gasteiger partial charge is 0.306 e. The SMILES string of the molecule is CCN(C)CCP=O. The number of hydrogen-bond donors (Lipinski definition) is 0. The highest BCUT2D eigenvalue weighted by atomic mass is 31.1. The second-order valence-corrected chi connectivity index (χ2v) is 2.45. The molecule has 0 N–H and O–H groups in total. The van der Waals surface area contributed by atoms with Gasteiger partial charge in [-0.25, -0.2) is 0 Å². The molecule has 0 unspecified atom stereocenters. The van der Waals surface area contributed by atoms with E-state index in [1.54, 1.807) is 0 Å². The van der Waals surface area contributed by atoms with Crippen molar-refractivity contribution in [1.29, 1.82) is 0 Å². The average molecular weight is 133 g/mol. The zero-order chi connectivity index (χ0) is 6.41. The van der Waals surface area contributed by atoms with Gasteiger partial charge in [-0.3, -0.25) is 4.57 Å². The van der Waals surface area contributed by atoms with Gasteiger partial charge in [0.15, 0.2) is 8.46 Å². The zero-order valence-electron chi connectivity index (χ0n) is 5.42. The lowest BCUT2D eigenvalue weighted by atomic mass is 10.6. The van der Waals surface area contributed by atoms with Gasteiger partial charge in [0.1, 0.15) is 0 Å². The lowest BCUT2D eigenvalue weighted by Gasteiger charge is -2.09. The monoisotopic (exact) mass is 133 g/mol. The first-order valence-corrected chi connectivity index (χ1v) is 3.78. The van der Waals surface area contributed by atoms with Crippen LogP contribution in [0.3, 0.4) is 0 Å². The molecule has 0 bridgehead atoms. The molecule has 0 radical (unpaired) electrons. The molecule has 0 aromatic carbocycles. The fourth-order valence-corrected chi connectivity index (χ4v) is 0.793. The van der Waals surface area contributed by atoms with E-state index in [4.69, 9.17) is 0 Å². The quantitative estimate of drug-likeness (QED) is 0.537. The molecule has 0 atom stereocenters. The van der Waals surface area contributed by atoms with Crippen LogP contribution >= 0.6 is 8.46 Å². The van der Waals surface area contributed by atoms with E-state index in [1.165, 1.54) is 0 Å². The van der Waals surface area contributed by atoms with Crippen LogP contribution in [0, 0.1) is 0 Å². The van der Waals surface area contributed by atoms with Gasteiger partial charge in [0.25, 0.3) is 0 Å². The summed E-state index contributed by atoms with van der Waals surface area (Å²) in [5, 5.41) is 0. The molecule has 0 aromatic heterocycles. The molecule has 0 amide bonds. The van der Waals surface area contributed by atoms with Crippen molar-refractivity contribution < 1.29 is 4.57 Å². The molecule has 0 saturated heterocycles. The molecule has 0 spiro atoms. The number of nitrogens with zero attached hydrogens (tertiary/aromatic N) is 1. The summed E-state index contributed by atoms with van der Waals surface area (Å²) in [4.78, 5) is 2.13. The summed E-state index contributed by atoms with van der Waals surface area (Å²) in [6, 6.07) is 0. The Kier molecular flexibility index (Phi) is 5.24. The summed E-state index contributed by atoms with van der Waals surface area (Å²) >= 11 is 0. The van der Waals surface area contributed by atoms with Gasteiger partial charge in [-0.1, -0.05) is 6.92 Å². The van der Waals surface area contributed by atoms with Crippen LogP contribution in [0.5, 0.6) is 0 Å². The van der Waals surface area contributed by atoms with Gasteiger partial charge < -0.3 is 4.90 Å². The molecule has 0 aromatic rings. The fourth-order valence-electron chi connectivity index (χ4n) is 0.370. The van der Waals surface area contributed by atoms with Crippen molar-refractivity contribution in [2.75, 3.05) is 26.3 Å². The standard InChI is InChI=1S/C5H12NOP/c1-3-6(2)4-5-8-7/h3-5H2,1-2H3. The van der Waals surface area contributed by atoms with Crippen LogP contribution in [0.4, 0.5) is 0 Å². The Morgan fingerprint density at radius 1 is 1.62 bits per heavy atom. The van der Waals surface area contributed by atoms with E-state index in [0.717, 1.165) is 19.3 Å². The summed E-state index contributed by atoms with van der Waals surface area (Å²) < 4.78 is 9.90. The molecule has 0 saturated carbocycles. The third-order valence-electron chi connectivity index (χ3n) is 1.11. The highest BCUT2D eigenvalue weighted by Gasteiger charge is 1.90. The molecular formula is C5H12NOP. The molecule has 0 aliphatic rings. The maximum absolute atomic E-state index is 9.90. The third kappa shape index (κ3) is 4.23. The van der Waals surface area contributed by atoms with E-state index in [0.29, 0.717) is 0 Å². The van der Waals surface area contributed by atoms with Crippen molar-refractivity contribution in [3.63, 3.8) is 0 Å². The van der Waals surface area contributed by atoms with E-state index >= 15 is 0 Å². The molecule has 48 valence electrons. The summed E-state index contributed by atoms with van der Waals surface area (Å²) in [7, 11) is 2.28. The molecule has 2 nitrogen and oxygen atoms in total. The normalized spacial score (nSPS) is 10.9. The van der Waals surface area contributed by atoms with Crippen LogP contribution in [-0.2, 0) is 4.57 Å². The van der Waals surface area contributed by atoms with Crippen LogP contribution in [-0.4, -0.2) is 31.2 Å². The molecule has 0 aliphatic carbocycles. The van der Waals surface area contributed by atoms with Crippen molar-refractivity contribution >= 4 is 8.46 Å². The van der Waals surface area contributed by atoms with Gasteiger partial charge in [-0.2, -0.15) is 0 Å². The van der Waals surface area contributed by atoms with E-state index in [9.17, 15) is 4.57 Å². The lowest BCUT2D eigenvalue weighted by molar-refractivity contribution is 0.375. The highest BCUT2D eigenvalue weighted by Crippen LogP contribution is 1.90. The Bertz CT molecular complexity index is 67.4. The summed E-state index contributed by atoms with van der Waals surface area (Å²) in [5.74, 6) is 0. The minimum atomic E-state index is 0.258. The van der Waals surface area contributed by atoms with Crippen molar-refractivity contribution in [1.82, 2.24) is 4.90 Å². The minimum absolute atomic E-state index is 0.258. The highest BCUT2D eigenvalue weighted by molar-refractivity contribution is 7.23. The predicted octanol–water partition coefficient (Wildman–Crippen LogP) is 1.23. The van der Waals surface area contributed by atoms with Crippen LogP contribution in [0.15, 0.2) is 0 Å². The fraction of sp³-hybridized carbons (Fsp3) is 1.00. The molecular weight excluding hydrogens is 121 g/mol. The molecule has 3 heteroatoms. The smallest absolute Gasteiger partial charge is 0.156 e. The number of hydrogen-bond acceptors (Lipinski definition) is 2. The summed E-state index contributed by atoms with van der Waals surface area (Å²) in [6.45, 7) is 4.05. The topological polar surface area (TPSA) is 20.3 Å². The Morgan fingerprint density at radius 2 is 2.25 bits per heavy atom. The van der Waals surface area contributed by atoms with Crippen molar-refractivity contribution in [3.05, 3.63) is 0 Å². The van der Waals surface area contributed by atoms with Crippen LogP contribution in [0.25, 0.3) is 0 Å². The predicted molar refractivity (Wildman–Crippen MR) is 35.6 cm³/mol. The van der Waals surface area contributed by atoms with Gasteiger partial charge in [-0.15, -0.1) is 0 Å². The van der Waals surface area contributed by atoms with Gasteiger partial charge >= 0.3 is 0 Å². The van der Waals surface area contributed by atoms with Crippen molar-refractivity contribution in [3.8, 4) is 0 Å². The van der Waals surface area contributed by atoms with E-state index < -0.39 is 0 Å². The number of rotatable bonds is 4. The Morgan fingerprint density at radius 3 is 2.62 bits per heavy atom. The molecule has 0 heterocycles. The van der Waals surface area contributed by atoms with Crippen LogP contribution in [0.2, 0.25) is 0 Å². The van der Waals surface area contributed by atoms with Crippen molar-refractivity contribution in [2.24, 2.45) is 0 Å². The molecule has 8 heavy (non-hydrogen) atoms. The second kappa shape index (κ2) is 5.20. The second-order valence-electron chi connectivity index (χ2n) is 1.75. The first-order chi connectivity index (χ1) is 3.81. The van der Waals surface area contributed by atoms with Gasteiger partial charge in [-0.05, 0) is 13.6 Å². The van der Waals surface area contributed by atoms with Gasteiger partial charge in [0.2, 0.25) is 0 Å². The maximum atomic E-state index is 9.90. The van der Waals surface area contributed by atoms with E-state index in [-0.39, 0.29) is 8.46 Å². The molecule has 0 rings (SSSR count). The van der Waals surface area contributed by atoms with Crippen molar-refractivity contribution in [2.45, 2.75) is 6.92 Å². The first kappa shape index (κ1) is 8.06. The average Bonchev–Trinajstić information content (AvgIpc) is 1.83.